The Morgan fingerprint density at radius 1 is 1.44 bits per heavy atom. The van der Waals surface area contributed by atoms with Gasteiger partial charge in [-0.2, -0.15) is 5.26 Å². The van der Waals surface area contributed by atoms with Gasteiger partial charge in [-0.05, 0) is 37.6 Å². The Morgan fingerprint density at radius 3 is 2.94 bits per heavy atom. The zero-order chi connectivity index (χ0) is 11.5. The van der Waals surface area contributed by atoms with Crippen molar-refractivity contribution in [2.75, 3.05) is 0 Å². The quantitative estimate of drug-likeness (QED) is 0.852. The van der Waals surface area contributed by atoms with E-state index in [9.17, 15) is 5.11 Å². The molecule has 0 saturated heterocycles. The van der Waals surface area contributed by atoms with Crippen LogP contribution < -0.4 is 0 Å². The molecule has 1 heterocycles. The summed E-state index contributed by atoms with van der Waals surface area (Å²) in [4.78, 5) is 0. The molecular weight excluding hydrogens is 200 g/mol. The second-order valence-corrected chi connectivity index (χ2v) is 4.03. The van der Waals surface area contributed by atoms with Gasteiger partial charge in [-0.25, -0.2) is 0 Å². The monoisotopic (exact) mass is 214 g/mol. The van der Waals surface area contributed by atoms with E-state index in [1.807, 2.05) is 30.5 Å². The van der Waals surface area contributed by atoms with Gasteiger partial charge >= 0.3 is 0 Å². The fourth-order valence-corrected chi connectivity index (χ4v) is 1.79. The van der Waals surface area contributed by atoms with E-state index in [1.165, 1.54) is 0 Å². The van der Waals surface area contributed by atoms with Crippen molar-refractivity contribution >= 4 is 10.9 Å². The van der Waals surface area contributed by atoms with Gasteiger partial charge in [0.2, 0.25) is 0 Å². The lowest BCUT2D eigenvalue weighted by molar-refractivity contribution is 0.178. The van der Waals surface area contributed by atoms with Crippen LogP contribution in [-0.2, 0) is 6.54 Å². The fraction of sp³-hybridized carbons (Fsp3) is 0.308. The first-order chi connectivity index (χ1) is 7.70. The Balaban J connectivity index is 2.31. The van der Waals surface area contributed by atoms with Gasteiger partial charge in [-0.3, -0.25) is 0 Å². The van der Waals surface area contributed by atoms with Gasteiger partial charge in [0.15, 0.2) is 0 Å². The van der Waals surface area contributed by atoms with E-state index in [-0.39, 0.29) is 6.10 Å². The van der Waals surface area contributed by atoms with Crippen molar-refractivity contribution in [3.8, 4) is 6.07 Å². The molecule has 0 saturated carbocycles. The zero-order valence-electron chi connectivity index (χ0n) is 9.22. The van der Waals surface area contributed by atoms with E-state index in [0.29, 0.717) is 5.56 Å². The van der Waals surface area contributed by atoms with Crippen LogP contribution in [0.3, 0.4) is 0 Å². The van der Waals surface area contributed by atoms with Gasteiger partial charge < -0.3 is 9.67 Å². The number of nitrogens with zero attached hydrogens (tertiary/aromatic N) is 2. The highest BCUT2D eigenvalue weighted by Gasteiger charge is 2.03. The van der Waals surface area contributed by atoms with E-state index in [0.717, 1.165) is 23.9 Å². The standard InChI is InChI=1S/C13H14N2O/c1-10(16)4-6-15-7-5-12-8-11(9-14)2-3-13(12)15/h2-3,5,7-8,10,16H,4,6H2,1H3. The molecule has 0 bridgehead atoms. The molecule has 0 aliphatic rings. The van der Waals surface area contributed by atoms with E-state index < -0.39 is 0 Å². The van der Waals surface area contributed by atoms with Crippen molar-refractivity contribution in [3.63, 3.8) is 0 Å². The number of aromatic nitrogens is 1. The smallest absolute Gasteiger partial charge is 0.0991 e. The molecule has 0 fully saturated rings. The summed E-state index contributed by atoms with van der Waals surface area (Å²) in [7, 11) is 0. The predicted octanol–water partition coefficient (Wildman–Crippen LogP) is 2.28. The van der Waals surface area contributed by atoms with Crippen molar-refractivity contribution in [1.82, 2.24) is 4.57 Å². The molecule has 0 aliphatic heterocycles. The highest BCUT2D eigenvalue weighted by atomic mass is 16.3. The lowest BCUT2D eigenvalue weighted by atomic mass is 10.2. The third-order valence-corrected chi connectivity index (χ3v) is 2.69. The van der Waals surface area contributed by atoms with Gasteiger partial charge in [-0.15, -0.1) is 0 Å². The minimum atomic E-state index is -0.282. The lowest BCUT2D eigenvalue weighted by Gasteiger charge is -2.07. The summed E-state index contributed by atoms with van der Waals surface area (Å²) in [5.41, 5.74) is 1.79. The highest BCUT2D eigenvalue weighted by Crippen LogP contribution is 2.18. The molecule has 3 nitrogen and oxygen atoms in total. The highest BCUT2D eigenvalue weighted by molar-refractivity contribution is 5.81. The van der Waals surface area contributed by atoms with Crippen molar-refractivity contribution in [2.45, 2.75) is 26.0 Å². The van der Waals surface area contributed by atoms with Crippen LogP contribution in [0.25, 0.3) is 10.9 Å². The topological polar surface area (TPSA) is 49.0 Å². The third-order valence-electron chi connectivity index (χ3n) is 2.69. The average Bonchev–Trinajstić information content (AvgIpc) is 2.68. The molecule has 16 heavy (non-hydrogen) atoms. The average molecular weight is 214 g/mol. The van der Waals surface area contributed by atoms with E-state index >= 15 is 0 Å². The molecule has 1 unspecified atom stereocenters. The number of aliphatic hydroxyl groups is 1. The molecule has 0 amide bonds. The number of rotatable bonds is 3. The van der Waals surface area contributed by atoms with Crippen LogP contribution in [0.5, 0.6) is 0 Å². The maximum Gasteiger partial charge on any atom is 0.0991 e. The summed E-state index contributed by atoms with van der Waals surface area (Å²) >= 11 is 0. The normalized spacial score (nSPS) is 12.6. The Kier molecular flexibility index (Phi) is 2.93. The molecule has 1 aromatic heterocycles. The van der Waals surface area contributed by atoms with E-state index in [4.69, 9.17) is 5.26 Å². The molecule has 2 rings (SSSR count). The van der Waals surface area contributed by atoms with Crippen molar-refractivity contribution in [1.29, 1.82) is 5.26 Å². The van der Waals surface area contributed by atoms with Crippen LogP contribution in [0, 0.1) is 11.3 Å². The Bertz CT molecular complexity index is 534. The lowest BCUT2D eigenvalue weighted by Crippen LogP contribution is -2.05. The molecule has 0 spiro atoms. The number of benzene rings is 1. The Morgan fingerprint density at radius 2 is 2.25 bits per heavy atom. The summed E-state index contributed by atoms with van der Waals surface area (Å²) in [5.74, 6) is 0. The van der Waals surface area contributed by atoms with Crippen molar-refractivity contribution in [3.05, 3.63) is 36.0 Å². The predicted molar refractivity (Wildman–Crippen MR) is 63.0 cm³/mol. The molecule has 3 heteroatoms. The zero-order valence-corrected chi connectivity index (χ0v) is 9.22. The molecule has 1 N–H and O–H groups in total. The summed E-state index contributed by atoms with van der Waals surface area (Å²) in [6.07, 6.45) is 2.45. The summed E-state index contributed by atoms with van der Waals surface area (Å²) in [5, 5.41) is 19.1. The third kappa shape index (κ3) is 2.07. The minimum absolute atomic E-state index is 0.282. The second kappa shape index (κ2) is 4.38. The Hall–Kier alpha value is -1.79. The van der Waals surface area contributed by atoms with Crippen LogP contribution in [0.1, 0.15) is 18.9 Å². The van der Waals surface area contributed by atoms with Gasteiger partial charge in [0, 0.05) is 23.6 Å². The summed E-state index contributed by atoms with van der Waals surface area (Å²) in [6, 6.07) is 9.79. The molecule has 1 aromatic carbocycles. The number of aliphatic hydroxyl groups excluding tert-OH is 1. The summed E-state index contributed by atoms with van der Waals surface area (Å²) < 4.78 is 2.10. The maximum absolute atomic E-state index is 9.25. The molecule has 2 aromatic rings. The van der Waals surface area contributed by atoms with Crippen LogP contribution in [0.2, 0.25) is 0 Å². The molecule has 1 atom stereocenters. The maximum atomic E-state index is 9.25. The molecular formula is C13H14N2O. The fourth-order valence-electron chi connectivity index (χ4n) is 1.79. The van der Waals surface area contributed by atoms with E-state index in [2.05, 4.69) is 10.6 Å². The molecule has 0 aliphatic carbocycles. The van der Waals surface area contributed by atoms with Gasteiger partial charge in [-0.1, -0.05) is 0 Å². The number of fused-ring (bicyclic) bond motifs is 1. The van der Waals surface area contributed by atoms with Crippen molar-refractivity contribution < 1.29 is 5.11 Å². The number of aryl methyl sites for hydroxylation is 1. The number of hydrogen-bond acceptors (Lipinski definition) is 2. The van der Waals surface area contributed by atoms with Crippen LogP contribution >= 0.6 is 0 Å². The largest absolute Gasteiger partial charge is 0.393 e. The first-order valence-electron chi connectivity index (χ1n) is 5.38. The van der Waals surface area contributed by atoms with Crippen LogP contribution in [-0.4, -0.2) is 15.8 Å². The number of nitriles is 1. The van der Waals surface area contributed by atoms with Crippen LogP contribution in [0.15, 0.2) is 30.5 Å². The van der Waals surface area contributed by atoms with Gasteiger partial charge in [0.05, 0.1) is 17.7 Å². The number of hydrogen-bond donors (Lipinski definition) is 1. The minimum Gasteiger partial charge on any atom is -0.393 e. The SMILES string of the molecule is CC(O)CCn1ccc2cc(C#N)ccc21. The first kappa shape index (κ1) is 10.7. The first-order valence-corrected chi connectivity index (χ1v) is 5.38. The Labute approximate surface area is 94.5 Å². The van der Waals surface area contributed by atoms with Crippen LogP contribution in [0.4, 0.5) is 0 Å². The molecule has 82 valence electrons. The molecule has 0 radical (unpaired) electrons. The van der Waals surface area contributed by atoms with Crippen molar-refractivity contribution in [2.24, 2.45) is 0 Å². The summed E-state index contributed by atoms with van der Waals surface area (Å²) in [6.45, 7) is 2.59. The van der Waals surface area contributed by atoms with E-state index in [1.54, 1.807) is 6.92 Å². The van der Waals surface area contributed by atoms with Gasteiger partial charge in [0.25, 0.3) is 0 Å². The second-order valence-electron chi connectivity index (χ2n) is 4.03. The van der Waals surface area contributed by atoms with Gasteiger partial charge in [0.1, 0.15) is 0 Å².